The number of nitrogens with one attached hydrogen (secondary N) is 2. The van der Waals surface area contributed by atoms with E-state index in [0.29, 0.717) is 24.3 Å². The third kappa shape index (κ3) is 3.35. The number of aromatic nitrogens is 4. The van der Waals surface area contributed by atoms with Crippen molar-refractivity contribution in [2.24, 2.45) is 18.7 Å². The number of anilines is 1. The van der Waals surface area contributed by atoms with Gasteiger partial charge in [-0.15, -0.1) is 0 Å². The van der Waals surface area contributed by atoms with Crippen LogP contribution in [0.1, 0.15) is 32.6 Å². The fraction of sp³-hybridized carbons (Fsp3) is 0.579. The molecule has 3 heterocycles. The van der Waals surface area contributed by atoms with E-state index in [0.717, 1.165) is 36.2 Å². The van der Waals surface area contributed by atoms with Crippen molar-refractivity contribution in [1.82, 2.24) is 24.9 Å². The molecule has 0 radical (unpaired) electrons. The molecule has 1 unspecified atom stereocenters. The Balaban J connectivity index is 1.61. The van der Waals surface area contributed by atoms with Gasteiger partial charge in [0.25, 0.3) is 0 Å². The SMILES string of the molecule is Cn1cc(-c2cnn3c2NC(C)([C@H]2CCC[C@@H](NCCO)C2)C=C3N)cn1. The van der Waals surface area contributed by atoms with Crippen molar-refractivity contribution in [1.29, 1.82) is 0 Å². The van der Waals surface area contributed by atoms with E-state index < -0.39 is 0 Å². The first-order chi connectivity index (χ1) is 13.0. The summed E-state index contributed by atoms with van der Waals surface area (Å²) in [5, 5.41) is 25.1. The molecule has 5 N–H and O–H groups in total. The molecule has 8 heteroatoms. The monoisotopic (exact) mass is 371 g/mol. The summed E-state index contributed by atoms with van der Waals surface area (Å²) in [4.78, 5) is 0. The molecule has 27 heavy (non-hydrogen) atoms. The van der Waals surface area contributed by atoms with Gasteiger partial charge >= 0.3 is 0 Å². The molecule has 1 aliphatic carbocycles. The highest BCUT2D eigenvalue weighted by atomic mass is 16.3. The van der Waals surface area contributed by atoms with Crippen molar-refractivity contribution in [2.75, 3.05) is 18.5 Å². The van der Waals surface area contributed by atoms with Gasteiger partial charge < -0.3 is 21.5 Å². The van der Waals surface area contributed by atoms with Crippen molar-refractivity contribution in [3.05, 3.63) is 24.7 Å². The second-order valence-electron chi connectivity index (χ2n) is 7.94. The lowest BCUT2D eigenvalue weighted by molar-refractivity contribution is 0.217. The van der Waals surface area contributed by atoms with Crippen LogP contribution in [0.3, 0.4) is 0 Å². The fourth-order valence-electron chi connectivity index (χ4n) is 4.50. The van der Waals surface area contributed by atoms with Gasteiger partial charge in [-0.1, -0.05) is 6.42 Å². The Bertz CT molecular complexity index is 839. The first kappa shape index (κ1) is 18.1. The Hall–Kier alpha value is -2.32. The third-order valence-electron chi connectivity index (χ3n) is 5.93. The summed E-state index contributed by atoms with van der Waals surface area (Å²) in [5.74, 6) is 2.04. The van der Waals surface area contributed by atoms with Gasteiger partial charge in [0, 0.05) is 37.0 Å². The summed E-state index contributed by atoms with van der Waals surface area (Å²) in [7, 11) is 1.91. The van der Waals surface area contributed by atoms with Crippen molar-refractivity contribution >= 4 is 11.6 Å². The number of rotatable bonds is 5. The van der Waals surface area contributed by atoms with E-state index in [1.54, 1.807) is 9.36 Å². The molecule has 2 aromatic heterocycles. The summed E-state index contributed by atoms with van der Waals surface area (Å²) >= 11 is 0. The zero-order valence-electron chi connectivity index (χ0n) is 16.0. The second kappa shape index (κ2) is 7.01. The summed E-state index contributed by atoms with van der Waals surface area (Å²) in [6.45, 7) is 3.05. The highest BCUT2D eigenvalue weighted by Gasteiger charge is 2.40. The van der Waals surface area contributed by atoms with Crippen LogP contribution in [0.25, 0.3) is 16.9 Å². The van der Waals surface area contributed by atoms with Gasteiger partial charge in [-0.05, 0) is 38.2 Å². The van der Waals surface area contributed by atoms with Crippen LogP contribution in [0.15, 0.2) is 24.7 Å². The molecule has 0 aromatic carbocycles. The van der Waals surface area contributed by atoms with Gasteiger partial charge in [0.15, 0.2) is 0 Å². The Labute approximate surface area is 159 Å². The van der Waals surface area contributed by atoms with Gasteiger partial charge in [-0.2, -0.15) is 10.2 Å². The average Bonchev–Trinajstić information content (AvgIpc) is 3.26. The predicted molar refractivity (Wildman–Crippen MR) is 106 cm³/mol. The van der Waals surface area contributed by atoms with E-state index in [2.05, 4.69) is 33.8 Å². The molecule has 2 aromatic rings. The predicted octanol–water partition coefficient (Wildman–Crippen LogP) is 1.37. The summed E-state index contributed by atoms with van der Waals surface area (Å²) in [6.07, 6.45) is 12.3. The number of aliphatic hydroxyl groups excluding tert-OH is 1. The molecule has 2 aliphatic rings. The number of nitrogens with two attached hydrogens (primary N) is 1. The molecular formula is C19H29N7O. The Kier molecular flexibility index (Phi) is 4.69. The maximum atomic E-state index is 9.11. The molecular weight excluding hydrogens is 342 g/mol. The second-order valence-corrected chi connectivity index (χ2v) is 7.94. The van der Waals surface area contributed by atoms with Gasteiger partial charge in [-0.25, -0.2) is 4.68 Å². The lowest BCUT2D eigenvalue weighted by Gasteiger charge is -2.43. The van der Waals surface area contributed by atoms with E-state index >= 15 is 0 Å². The number of nitrogens with zero attached hydrogens (tertiary/aromatic N) is 4. The molecule has 1 saturated carbocycles. The molecule has 0 saturated heterocycles. The summed E-state index contributed by atoms with van der Waals surface area (Å²) in [5.41, 5.74) is 8.19. The minimum absolute atomic E-state index is 0.178. The van der Waals surface area contributed by atoms with Gasteiger partial charge in [-0.3, -0.25) is 4.68 Å². The van der Waals surface area contributed by atoms with Gasteiger partial charge in [0.05, 0.1) is 24.5 Å². The van der Waals surface area contributed by atoms with Crippen LogP contribution in [0.2, 0.25) is 0 Å². The van der Waals surface area contributed by atoms with Crippen LogP contribution in [0.5, 0.6) is 0 Å². The Morgan fingerprint density at radius 3 is 2.96 bits per heavy atom. The van der Waals surface area contributed by atoms with Gasteiger partial charge in [0.1, 0.15) is 11.6 Å². The average molecular weight is 371 g/mol. The number of aryl methyl sites for hydroxylation is 1. The van der Waals surface area contributed by atoms with Crippen LogP contribution < -0.4 is 16.4 Å². The van der Waals surface area contributed by atoms with Crippen LogP contribution in [0.4, 0.5) is 5.82 Å². The maximum Gasteiger partial charge on any atom is 0.140 e. The number of fused-ring (bicyclic) bond motifs is 1. The lowest BCUT2D eigenvalue weighted by atomic mass is 9.73. The molecule has 1 aliphatic heterocycles. The normalized spacial score (nSPS) is 27.7. The van der Waals surface area contributed by atoms with Crippen LogP contribution in [0, 0.1) is 5.92 Å². The molecule has 8 nitrogen and oxygen atoms in total. The van der Waals surface area contributed by atoms with Crippen molar-refractivity contribution in [2.45, 2.75) is 44.2 Å². The lowest BCUT2D eigenvalue weighted by Crippen LogP contribution is -2.49. The minimum atomic E-state index is -0.239. The first-order valence-corrected chi connectivity index (χ1v) is 9.68. The molecule has 0 spiro atoms. The van der Waals surface area contributed by atoms with E-state index in [-0.39, 0.29) is 12.1 Å². The topological polar surface area (TPSA) is 106 Å². The highest BCUT2D eigenvalue weighted by molar-refractivity contribution is 5.79. The number of aliphatic hydroxyl groups is 1. The number of hydrogen-bond donors (Lipinski definition) is 4. The van der Waals surface area contributed by atoms with E-state index in [9.17, 15) is 0 Å². The molecule has 146 valence electrons. The Morgan fingerprint density at radius 1 is 1.37 bits per heavy atom. The fourth-order valence-corrected chi connectivity index (χ4v) is 4.50. The van der Waals surface area contributed by atoms with E-state index in [1.165, 1.54) is 6.42 Å². The minimum Gasteiger partial charge on any atom is -0.395 e. The standard InChI is InChI=1S/C19H29N7O/c1-19(14-4-3-5-15(8-14)21-6-7-27)9-17(20)26-18(24-19)16(11-23-26)13-10-22-25(2)12-13/h9-12,14-15,21,24,27H,3-8,20H2,1-2H3/t14-,15+,19?/m0/s1. The smallest absolute Gasteiger partial charge is 0.140 e. The quantitative estimate of drug-likeness (QED) is 0.632. The maximum absolute atomic E-state index is 9.11. The molecule has 0 bridgehead atoms. The van der Waals surface area contributed by atoms with Gasteiger partial charge in [0.2, 0.25) is 0 Å². The zero-order chi connectivity index (χ0) is 19.0. The van der Waals surface area contributed by atoms with Crippen LogP contribution in [-0.4, -0.2) is 49.4 Å². The first-order valence-electron chi connectivity index (χ1n) is 9.68. The van der Waals surface area contributed by atoms with E-state index in [4.69, 9.17) is 10.8 Å². The largest absolute Gasteiger partial charge is 0.395 e. The zero-order valence-corrected chi connectivity index (χ0v) is 16.0. The molecule has 3 atom stereocenters. The third-order valence-corrected chi connectivity index (χ3v) is 5.93. The summed E-state index contributed by atoms with van der Waals surface area (Å²) in [6, 6.07) is 0.439. The van der Waals surface area contributed by atoms with Crippen LogP contribution >= 0.6 is 0 Å². The number of hydrogen-bond acceptors (Lipinski definition) is 6. The van der Waals surface area contributed by atoms with Crippen LogP contribution in [-0.2, 0) is 7.05 Å². The van der Waals surface area contributed by atoms with E-state index in [1.807, 2.05) is 25.6 Å². The molecule has 0 amide bonds. The highest BCUT2D eigenvalue weighted by Crippen LogP contribution is 2.41. The summed E-state index contributed by atoms with van der Waals surface area (Å²) < 4.78 is 3.56. The molecule has 4 rings (SSSR count). The molecule has 1 fully saturated rings. The van der Waals surface area contributed by atoms with Crippen molar-refractivity contribution < 1.29 is 5.11 Å². The van der Waals surface area contributed by atoms with Crippen molar-refractivity contribution in [3.8, 4) is 11.1 Å². The Morgan fingerprint density at radius 2 is 2.22 bits per heavy atom. The van der Waals surface area contributed by atoms with Crippen molar-refractivity contribution in [3.63, 3.8) is 0 Å².